The van der Waals surface area contributed by atoms with E-state index in [9.17, 15) is 4.79 Å². The molecule has 0 radical (unpaired) electrons. The van der Waals surface area contributed by atoms with Gasteiger partial charge in [-0.2, -0.15) is 5.10 Å². The number of hydrogen-bond acceptors (Lipinski definition) is 3. The number of fused-ring (bicyclic) bond motifs is 2. The lowest BCUT2D eigenvalue weighted by Gasteiger charge is -2.12. The molecule has 4 aromatic rings. The second-order valence-electron chi connectivity index (χ2n) is 5.53. The fourth-order valence-corrected chi connectivity index (χ4v) is 2.99. The second kappa shape index (κ2) is 4.91. The van der Waals surface area contributed by atoms with E-state index in [1.807, 2.05) is 43.3 Å². The minimum atomic E-state index is -0.533. The van der Waals surface area contributed by atoms with Crippen LogP contribution in [0, 0.1) is 6.92 Å². The van der Waals surface area contributed by atoms with Crippen LogP contribution in [0.5, 0.6) is 0 Å². The number of primary amides is 1. The average Bonchev–Trinajstić information content (AvgIpc) is 3.02. The van der Waals surface area contributed by atoms with Crippen molar-refractivity contribution in [1.29, 1.82) is 0 Å². The number of pyridine rings is 1. The average molecular weight is 302 g/mol. The zero-order valence-corrected chi connectivity index (χ0v) is 12.5. The molecule has 2 aromatic heterocycles. The van der Waals surface area contributed by atoms with E-state index in [2.05, 4.69) is 15.2 Å². The molecule has 2 aromatic carbocycles. The van der Waals surface area contributed by atoms with Crippen LogP contribution in [0.3, 0.4) is 0 Å². The first-order valence-corrected chi connectivity index (χ1v) is 7.28. The predicted molar refractivity (Wildman–Crippen MR) is 90.1 cm³/mol. The van der Waals surface area contributed by atoms with Gasteiger partial charge in [-0.1, -0.05) is 24.3 Å². The van der Waals surface area contributed by atoms with Crippen LogP contribution in [0.4, 0.5) is 0 Å². The number of benzene rings is 2. The monoisotopic (exact) mass is 302 g/mol. The number of nitrogens with two attached hydrogens (primary N) is 1. The number of aromatic amines is 1. The highest BCUT2D eigenvalue weighted by atomic mass is 16.1. The first-order chi connectivity index (χ1) is 11.1. The summed E-state index contributed by atoms with van der Waals surface area (Å²) in [5, 5.41) is 9.11. The number of aryl methyl sites for hydroxylation is 1. The Hall–Kier alpha value is -3.21. The van der Waals surface area contributed by atoms with Crippen molar-refractivity contribution in [2.24, 2.45) is 5.73 Å². The SMILES string of the molecule is Cc1ccc2[nH]ncc2c1-c1cc(C(N)=O)nc2ccccc12. The van der Waals surface area contributed by atoms with Gasteiger partial charge in [-0.15, -0.1) is 0 Å². The van der Waals surface area contributed by atoms with Crippen LogP contribution >= 0.6 is 0 Å². The Balaban J connectivity index is 2.17. The van der Waals surface area contributed by atoms with Gasteiger partial charge in [0.1, 0.15) is 5.69 Å². The quantitative estimate of drug-likeness (QED) is 0.596. The largest absolute Gasteiger partial charge is 0.364 e. The summed E-state index contributed by atoms with van der Waals surface area (Å²) in [7, 11) is 0. The molecule has 5 heteroatoms. The van der Waals surface area contributed by atoms with Gasteiger partial charge in [0.2, 0.25) is 0 Å². The van der Waals surface area contributed by atoms with Gasteiger partial charge in [-0.25, -0.2) is 4.98 Å². The number of nitrogens with one attached hydrogen (secondary N) is 1. The van der Waals surface area contributed by atoms with Gasteiger partial charge in [-0.05, 0) is 41.8 Å². The minimum absolute atomic E-state index is 0.263. The molecule has 112 valence electrons. The van der Waals surface area contributed by atoms with Crippen LogP contribution in [0.2, 0.25) is 0 Å². The van der Waals surface area contributed by atoms with Gasteiger partial charge in [0.05, 0.1) is 17.2 Å². The van der Waals surface area contributed by atoms with Gasteiger partial charge in [0.25, 0.3) is 5.91 Å². The van der Waals surface area contributed by atoms with Crippen LogP contribution in [0.15, 0.2) is 48.7 Å². The highest BCUT2D eigenvalue weighted by Gasteiger charge is 2.15. The van der Waals surface area contributed by atoms with Crippen molar-refractivity contribution in [3.05, 3.63) is 59.9 Å². The van der Waals surface area contributed by atoms with Crippen molar-refractivity contribution in [1.82, 2.24) is 15.2 Å². The van der Waals surface area contributed by atoms with E-state index in [0.717, 1.165) is 38.5 Å². The van der Waals surface area contributed by atoms with Crippen molar-refractivity contribution < 1.29 is 4.79 Å². The number of amides is 1. The molecule has 0 aliphatic rings. The molecule has 4 rings (SSSR count). The van der Waals surface area contributed by atoms with Crippen molar-refractivity contribution in [3.8, 4) is 11.1 Å². The topological polar surface area (TPSA) is 84.7 Å². The number of nitrogens with zero attached hydrogens (tertiary/aromatic N) is 2. The standard InChI is InChI=1S/C18H14N4O/c1-10-6-7-15-13(9-20-22-15)17(10)12-8-16(18(19)23)21-14-5-3-2-4-11(12)14/h2-9H,1H3,(H2,19,23)(H,20,22). The number of carbonyl (C=O) groups excluding carboxylic acids is 1. The van der Waals surface area contributed by atoms with Crippen molar-refractivity contribution in [2.75, 3.05) is 0 Å². The first-order valence-electron chi connectivity index (χ1n) is 7.28. The molecule has 0 saturated carbocycles. The fourth-order valence-electron chi connectivity index (χ4n) is 2.99. The molecule has 0 bridgehead atoms. The lowest BCUT2D eigenvalue weighted by molar-refractivity contribution is 0.0996. The van der Waals surface area contributed by atoms with Crippen LogP contribution in [0.25, 0.3) is 32.9 Å². The molecule has 0 spiro atoms. The number of hydrogen-bond donors (Lipinski definition) is 2. The van der Waals surface area contributed by atoms with E-state index in [0.29, 0.717) is 0 Å². The summed E-state index contributed by atoms with van der Waals surface area (Å²) in [5.41, 5.74) is 10.5. The Labute approximate surface area is 132 Å². The van der Waals surface area contributed by atoms with E-state index in [-0.39, 0.29) is 5.69 Å². The highest BCUT2D eigenvalue weighted by Crippen LogP contribution is 2.35. The summed E-state index contributed by atoms with van der Waals surface area (Å²) in [6.45, 7) is 2.04. The third-order valence-electron chi connectivity index (χ3n) is 4.07. The molecule has 5 nitrogen and oxygen atoms in total. The summed E-state index contributed by atoms with van der Waals surface area (Å²) in [5.74, 6) is -0.533. The molecule has 0 unspecified atom stereocenters. The number of para-hydroxylation sites is 1. The Morgan fingerprint density at radius 2 is 1.96 bits per heavy atom. The fraction of sp³-hybridized carbons (Fsp3) is 0.0556. The van der Waals surface area contributed by atoms with E-state index < -0.39 is 5.91 Å². The van der Waals surface area contributed by atoms with Crippen molar-refractivity contribution in [3.63, 3.8) is 0 Å². The summed E-state index contributed by atoms with van der Waals surface area (Å²) in [6, 6.07) is 13.5. The lowest BCUT2D eigenvalue weighted by atomic mass is 9.93. The molecule has 1 amide bonds. The van der Waals surface area contributed by atoms with Crippen LogP contribution < -0.4 is 5.73 Å². The number of carbonyl (C=O) groups is 1. The molecule has 0 aliphatic carbocycles. The van der Waals surface area contributed by atoms with Gasteiger partial charge in [0, 0.05) is 10.8 Å². The van der Waals surface area contributed by atoms with Crippen molar-refractivity contribution >= 4 is 27.7 Å². The third kappa shape index (κ3) is 2.05. The maximum Gasteiger partial charge on any atom is 0.267 e. The van der Waals surface area contributed by atoms with Gasteiger partial charge >= 0.3 is 0 Å². The highest BCUT2D eigenvalue weighted by molar-refractivity contribution is 6.07. The number of H-pyrrole nitrogens is 1. The summed E-state index contributed by atoms with van der Waals surface area (Å²) < 4.78 is 0. The van der Waals surface area contributed by atoms with Crippen LogP contribution in [-0.2, 0) is 0 Å². The third-order valence-corrected chi connectivity index (χ3v) is 4.07. The Bertz CT molecular complexity index is 1070. The molecule has 2 heterocycles. The molecule has 23 heavy (non-hydrogen) atoms. The van der Waals surface area contributed by atoms with Crippen molar-refractivity contribution in [2.45, 2.75) is 6.92 Å². The zero-order chi connectivity index (χ0) is 16.0. The zero-order valence-electron chi connectivity index (χ0n) is 12.5. The van der Waals surface area contributed by atoms with E-state index in [1.165, 1.54) is 0 Å². The van der Waals surface area contributed by atoms with Crippen LogP contribution in [0.1, 0.15) is 16.1 Å². The number of aromatic nitrogens is 3. The number of rotatable bonds is 2. The summed E-state index contributed by atoms with van der Waals surface area (Å²) >= 11 is 0. The van der Waals surface area contributed by atoms with Gasteiger partial charge in [-0.3, -0.25) is 9.89 Å². The maximum atomic E-state index is 11.7. The second-order valence-corrected chi connectivity index (χ2v) is 5.53. The summed E-state index contributed by atoms with van der Waals surface area (Å²) in [4.78, 5) is 16.0. The smallest absolute Gasteiger partial charge is 0.267 e. The Morgan fingerprint density at radius 3 is 2.78 bits per heavy atom. The Kier molecular flexibility index (Phi) is 2.87. The molecular weight excluding hydrogens is 288 g/mol. The predicted octanol–water partition coefficient (Wildman–Crippen LogP) is 3.19. The molecule has 0 aliphatic heterocycles. The summed E-state index contributed by atoms with van der Waals surface area (Å²) in [6.07, 6.45) is 1.80. The maximum absolute atomic E-state index is 11.7. The van der Waals surface area contributed by atoms with E-state index >= 15 is 0 Å². The molecule has 3 N–H and O–H groups in total. The Morgan fingerprint density at radius 1 is 1.13 bits per heavy atom. The molecule has 0 atom stereocenters. The van der Waals surface area contributed by atoms with E-state index in [4.69, 9.17) is 5.73 Å². The van der Waals surface area contributed by atoms with Crippen LogP contribution in [-0.4, -0.2) is 21.1 Å². The van der Waals surface area contributed by atoms with E-state index in [1.54, 1.807) is 12.3 Å². The van der Waals surface area contributed by atoms with Gasteiger partial charge < -0.3 is 5.73 Å². The molecule has 0 saturated heterocycles. The minimum Gasteiger partial charge on any atom is -0.364 e. The normalized spacial score (nSPS) is 11.2. The molecule has 0 fully saturated rings. The van der Waals surface area contributed by atoms with Gasteiger partial charge in [0.15, 0.2) is 0 Å². The molecular formula is C18H14N4O. The first kappa shape index (κ1) is 13.5. The lowest BCUT2D eigenvalue weighted by Crippen LogP contribution is -2.13.